The molecule has 0 saturated carbocycles. The Hall–Kier alpha value is -1.79. The summed E-state index contributed by atoms with van der Waals surface area (Å²) in [5, 5.41) is 2.96. The molecule has 0 aliphatic rings. The van der Waals surface area contributed by atoms with Crippen molar-refractivity contribution in [2.24, 2.45) is 22.5 Å². The number of amides is 2. The predicted octanol–water partition coefficient (Wildman–Crippen LogP) is 6.91. The molecule has 2 atom stereocenters. The van der Waals surface area contributed by atoms with Crippen LogP contribution in [0.1, 0.15) is 131 Å². The fourth-order valence-electron chi connectivity index (χ4n) is 4.36. The van der Waals surface area contributed by atoms with Crippen LogP contribution in [0.15, 0.2) is 0 Å². The molecule has 2 amide bonds. The van der Waals surface area contributed by atoms with Crippen LogP contribution in [0.2, 0.25) is 0 Å². The molecule has 0 aromatic carbocycles. The van der Waals surface area contributed by atoms with Crippen molar-refractivity contribution in [1.82, 2.24) is 5.32 Å². The van der Waals surface area contributed by atoms with Crippen molar-refractivity contribution in [3.05, 3.63) is 0 Å². The van der Waals surface area contributed by atoms with E-state index in [4.69, 9.17) is 15.2 Å². The number of nitrogens with one attached hydrogen (secondary N) is 1. The minimum Gasteiger partial charge on any atom is -0.434 e. The summed E-state index contributed by atoms with van der Waals surface area (Å²) in [5.41, 5.74) is 5.58. The first kappa shape index (κ1) is 34.2. The molecule has 0 heterocycles. The number of unbranched alkanes of at least 4 members (excludes halogenated alkanes) is 1. The van der Waals surface area contributed by atoms with Crippen LogP contribution in [0.3, 0.4) is 0 Å². The van der Waals surface area contributed by atoms with E-state index in [9.17, 15) is 14.4 Å². The first-order valence-electron chi connectivity index (χ1n) is 14.3. The smallest absolute Gasteiger partial charge is 0.434 e. The fraction of sp³-hybridized carbons (Fsp3) is 0.897. The van der Waals surface area contributed by atoms with Crippen molar-refractivity contribution < 1.29 is 23.9 Å². The Bertz CT molecular complexity index is 625. The third-order valence-electron chi connectivity index (χ3n) is 7.68. The normalized spacial score (nSPS) is 14.6. The molecule has 3 N–H and O–H groups in total. The lowest BCUT2D eigenvalue weighted by atomic mass is 9.77. The van der Waals surface area contributed by atoms with Crippen molar-refractivity contribution in [3.8, 4) is 0 Å². The maximum absolute atomic E-state index is 11.9. The lowest BCUT2D eigenvalue weighted by molar-refractivity contribution is -0.122. The zero-order valence-electron chi connectivity index (χ0n) is 24.2. The van der Waals surface area contributed by atoms with Gasteiger partial charge in [-0.2, -0.15) is 0 Å². The number of ether oxygens (including phenoxy) is 2. The summed E-state index contributed by atoms with van der Waals surface area (Å²) >= 11 is 0. The lowest BCUT2D eigenvalue weighted by Crippen LogP contribution is -2.26. The molecule has 0 radical (unpaired) electrons. The zero-order valence-corrected chi connectivity index (χ0v) is 24.2. The highest BCUT2D eigenvalue weighted by Crippen LogP contribution is 2.34. The average molecular weight is 513 g/mol. The van der Waals surface area contributed by atoms with Crippen LogP contribution in [0.4, 0.5) is 4.79 Å². The Morgan fingerprint density at radius 3 is 1.78 bits per heavy atom. The van der Waals surface area contributed by atoms with Gasteiger partial charge in [0.15, 0.2) is 0 Å². The standard InChI is InChI=1S/C29H56N2O5/c1-7-28(5,17-11-21-31-26(33)15-10-9-14-25(30)32)18-12-22-35-27(34)36-23-13-19-29(6,8-2)20-16-24(3)4/h24H,7-23H2,1-6H3,(H2,30,32)(H,31,33). The van der Waals surface area contributed by atoms with E-state index in [-0.39, 0.29) is 17.2 Å². The van der Waals surface area contributed by atoms with Gasteiger partial charge in [0.05, 0.1) is 13.2 Å². The van der Waals surface area contributed by atoms with Crippen molar-refractivity contribution >= 4 is 18.0 Å². The number of hydrogen-bond acceptors (Lipinski definition) is 5. The molecule has 0 aliphatic heterocycles. The third kappa shape index (κ3) is 18.5. The van der Waals surface area contributed by atoms with Crippen LogP contribution in [-0.2, 0) is 19.1 Å². The highest BCUT2D eigenvalue weighted by Gasteiger charge is 2.23. The molecule has 2 unspecified atom stereocenters. The molecule has 0 saturated heterocycles. The monoisotopic (exact) mass is 512 g/mol. The van der Waals surface area contributed by atoms with Gasteiger partial charge in [-0.1, -0.05) is 60.8 Å². The van der Waals surface area contributed by atoms with Crippen LogP contribution in [-0.4, -0.2) is 37.7 Å². The minimum atomic E-state index is -0.563. The van der Waals surface area contributed by atoms with Gasteiger partial charge in [0.1, 0.15) is 0 Å². The second-order valence-electron chi connectivity index (χ2n) is 11.5. The third-order valence-corrected chi connectivity index (χ3v) is 7.68. The minimum absolute atomic E-state index is 0.0273. The number of carbonyl (C=O) groups excluding carboxylic acids is 3. The number of primary amides is 1. The zero-order chi connectivity index (χ0) is 27.5. The number of rotatable bonds is 22. The summed E-state index contributed by atoms with van der Waals surface area (Å²) in [6, 6.07) is 0. The SMILES string of the molecule is CCC(C)(CCCNC(=O)CCCCC(N)=O)CCCOC(=O)OCCCC(C)(CC)CCC(C)C. The van der Waals surface area contributed by atoms with E-state index in [0.717, 1.165) is 51.4 Å². The molecule has 212 valence electrons. The summed E-state index contributed by atoms with van der Waals surface area (Å²) in [6.45, 7) is 15.0. The molecular weight excluding hydrogens is 456 g/mol. The molecule has 7 nitrogen and oxygen atoms in total. The summed E-state index contributed by atoms with van der Waals surface area (Å²) in [7, 11) is 0. The van der Waals surface area contributed by atoms with E-state index in [0.29, 0.717) is 56.8 Å². The van der Waals surface area contributed by atoms with Crippen LogP contribution in [0.25, 0.3) is 0 Å². The lowest BCUT2D eigenvalue weighted by Gasteiger charge is -2.29. The van der Waals surface area contributed by atoms with Crippen LogP contribution >= 0.6 is 0 Å². The van der Waals surface area contributed by atoms with Crippen LogP contribution in [0.5, 0.6) is 0 Å². The molecule has 0 aliphatic carbocycles. The number of hydrogen-bond donors (Lipinski definition) is 2. The van der Waals surface area contributed by atoms with Crippen molar-refractivity contribution in [2.45, 2.75) is 131 Å². The average Bonchev–Trinajstić information content (AvgIpc) is 2.83. The molecular formula is C29H56N2O5. The van der Waals surface area contributed by atoms with E-state index in [1.807, 2.05) is 0 Å². The van der Waals surface area contributed by atoms with E-state index in [1.54, 1.807) is 0 Å². The highest BCUT2D eigenvalue weighted by atomic mass is 16.7. The van der Waals surface area contributed by atoms with E-state index in [1.165, 1.54) is 12.8 Å². The van der Waals surface area contributed by atoms with E-state index >= 15 is 0 Å². The second kappa shape index (κ2) is 19.3. The van der Waals surface area contributed by atoms with Gasteiger partial charge in [0, 0.05) is 19.4 Å². The van der Waals surface area contributed by atoms with Crippen LogP contribution in [0, 0.1) is 16.7 Å². The Kier molecular flexibility index (Phi) is 18.4. The molecule has 0 spiro atoms. The summed E-state index contributed by atoms with van der Waals surface area (Å²) < 4.78 is 10.6. The van der Waals surface area contributed by atoms with Crippen molar-refractivity contribution in [2.75, 3.05) is 19.8 Å². The Morgan fingerprint density at radius 2 is 1.28 bits per heavy atom. The van der Waals surface area contributed by atoms with Gasteiger partial charge >= 0.3 is 6.16 Å². The molecule has 0 rings (SSSR count). The maximum atomic E-state index is 11.9. The predicted molar refractivity (Wildman–Crippen MR) is 147 cm³/mol. The molecule has 7 heteroatoms. The summed E-state index contributed by atoms with van der Waals surface area (Å²) in [4.78, 5) is 34.5. The summed E-state index contributed by atoms with van der Waals surface area (Å²) in [6.07, 6.45) is 11.8. The van der Waals surface area contributed by atoms with Gasteiger partial charge in [-0.3, -0.25) is 9.59 Å². The first-order chi connectivity index (χ1) is 16.9. The quantitative estimate of drug-likeness (QED) is 0.121. The Morgan fingerprint density at radius 1 is 0.778 bits per heavy atom. The van der Waals surface area contributed by atoms with Gasteiger partial charge in [-0.25, -0.2) is 4.79 Å². The van der Waals surface area contributed by atoms with E-state index in [2.05, 4.69) is 46.9 Å². The molecule has 0 fully saturated rings. The van der Waals surface area contributed by atoms with E-state index < -0.39 is 6.16 Å². The molecule has 0 aromatic heterocycles. The second-order valence-corrected chi connectivity index (χ2v) is 11.5. The maximum Gasteiger partial charge on any atom is 0.508 e. The van der Waals surface area contributed by atoms with Gasteiger partial charge in [0.25, 0.3) is 0 Å². The molecule has 36 heavy (non-hydrogen) atoms. The van der Waals surface area contributed by atoms with Crippen LogP contribution < -0.4 is 11.1 Å². The van der Waals surface area contributed by atoms with Gasteiger partial charge in [0.2, 0.25) is 11.8 Å². The first-order valence-corrected chi connectivity index (χ1v) is 14.3. The van der Waals surface area contributed by atoms with Crippen molar-refractivity contribution in [1.29, 1.82) is 0 Å². The Labute approximate surface area is 221 Å². The Balaban J connectivity index is 3.97. The number of nitrogens with two attached hydrogens (primary N) is 1. The molecule has 0 aromatic rings. The fourth-order valence-corrected chi connectivity index (χ4v) is 4.36. The van der Waals surface area contributed by atoms with Gasteiger partial charge in [-0.05, 0) is 74.5 Å². The van der Waals surface area contributed by atoms with Crippen molar-refractivity contribution in [3.63, 3.8) is 0 Å². The highest BCUT2D eigenvalue weighted by molar-refractivity contribution is 5.76. The largest absolute Gasteiger partial charge is 0.508 e. The van der Waals surface area contributed by atoms with Gasteiger partial charge < -0.3 is 20.5 Å². The number of carbonyl (C=O) groups is 3. The summed E-state index contributed by atoms with van der Waals surface area (Å²) in [5.74, 6) is 0.424. The topological polar surface area (TPSA) is 108 Å². The van der Waals surface area contributed by atoms with Gasteiger partial charge in [-0.15, -0.1) is 0 Å². The molecule has 0 bridgehead atoms.